The van der Waals surface area contributed by atoms with Gasteiger partial charge < -0.3 is 4.42 Å². The van der Waals surface area contributed by atoms with E-state index in [1.54, 1.807) is 18.5 Å². The van der Waals surface area contributed by atoms with E-state index in [1.807, 2.05) is 35.8 Å². The van der Waals surface area contributed by atoms with Crippen molar-refractivity contribution in [2.45, 2.75) is 13.5 Å². The summed E-state index contributed by atoms with van der Waals surface area (Å²) in [6.45, 7) is 2.21. The third-order valence-electron chi connectivity index (χ3n) is 4.82. The maximum Gasteiger partial charge on any atom is 0.181 e. The second kappa shape index (κ2) is 6.53. The lowest BCUT2D eigenvalue weighted by molar-refractivity contribution is 0.568. The van der Waals surface area contributed by atoms with E-state index in [0.717, 1.165) is 27.1 Å². The highest BCUT2D eigenvalue weighted by molar-refractivity contribution is 9.10. The summed E-state index contributed by atoms with van der Waals surface area (Å²) in [4.78, 5) is 13.5. The molecule has 138 valence electrons. The van der Waals surface area contributed by atoms with Crippen molar-refractivity contribution in [2.24, 2.45) is 4.99 Å². The van der Waals surface area contributed by atoms with Crippen molar-refractivity contribution in [3.05, 3.63) is 88.0 Å². The molecule has 0 fully saturated rings. The Hall–Kier alpha value is -3.06. The number of nitrogens with zero attached hydrogens (tertiary/aromatic N) is 4. The number of oxazole rings is 1. The van der Waals surface area contributed by atoms with E-state index in [-0.39, 0.29) is 5.82 Å². The minimum atomic E-state index is -0.303. The number of hydrogen-bond donors (Lipinski definition) is 0. The van der Waals surface area contributed by atoms with E-state index in [9.17, 15) is 4.39 Å². The van der Waals surface area contributed by atoms with Crippen LogP contribution < -0.4 is 0 Å². The van der Waals surface area contributed by atoms with E-state index in [4.69, 9.17) is 9.41 Å². The molecule has 28 heavy (non-hydrogen) atoms. The van der Waals surface area contributed by atoms with Crippen molar-refractivity contribution in [1.82, 2.24) is 14.5 Å². The van der Waals surface area contributed by atoms with Gasteiger partial charge in [0.05, 0.1) is 29.3 Å². The van der Waals surface area contributed by atoms with Gasteiger partial charge in [-0.05, 0) is 37.3 Å². The molecule has 5 nitrogen and oxygen atoms in total. The molecular formula is C21H14BrFN4O. The van der Waals surface area contributed by atoms with Gasteiger partial charge in [-0.25, -0.2) is 14.4 Å². The third kappa shape index (κ3) is 2.62. The molecule has 0 atom stereocenters. The largest absolute Gasteiger partial charge is 0.441 e. The molecule has 2 aromatic carbocycles. The zero-order valence-corrected chi connectivity index (χ0v) is 16.4. The molecule has 0 saturated carbocycles. The zero-order valence-electron chi connectivity index (χ0n) is 14.9. The SMILES string of the molecule is Cc1ncoc1-c1ncn2c1CN=C(c1ccccc1F)c1cc(Br)ccc1-2. The second-order valence-electron chi connectivity index (χ2n) is 6.48. The van der Waals surface area contributed by atoms with Crippen LogP contribution >= 0.6 is 15.9 Å². The second-order valence-corrected chi connectivity index (χ2v) is 7.40. The first-order valence-electron chi connectivity index (χ1n) is 8.70. The summed E-state index contributed by atoms with van der Waals surface area (Å²) >= 11 is 3.52. The molecule has 3 heterocycles. The quantitative estimate of drug-likeness (QED) is 0.439. The van der Waals surface area contributed by atoms with Crippen LogP contribution in [0.15, 0.2) is 69.1 Å². The molecule has 5 rings (SSSR count). The van der Waals surface area contributed by atoms with Crippen LogP contribution in [0.5, 0.6) is 0 Å². The van der Waals surface area contributed by atoms with Crippen LogP contribution in [0.25, 0.3) is 17.1 Å². The molecule has 1 aliphatic rings. The Bertz CT molecular complexity index is 1240. The van der Waals surface area contributed by atoms with Crippen LogP contribution in [0.1, 0.15) is 22.5 Å². The minimum Gasteiger partial charge on any atom is -0.441 e. The molecular weight excluding hydrogens is 423 g/mol. The summed E-state index contributed by atoms with van der Waals surface area (Å²) in [5.41, 5.74) is 5.12. The minimum absolute atomic E-state index is 0.303. The number of benzene rings is 2. The summed E-state index contributed by atoms with van der Waals surface area (Å²) in [5, 5.41) is 0. The van der Waals surface area contributed by atoms with E-state index >= 15 is 0 Å². The first kappa shape index (κ1) is 17.1. The van der Waals surface area contributed by atoms with Gasteiger partial charge in [-0.15, -0.1) is 0 Å². The van der Waals surface area contributed by atoms with Crippen LogP contribution in [0.4, 0.5) is 4.39 Å². The average Bonchev–Trinajstić information content (AvgIpc) is 3.25. The number of aryl methyl sites for hydroxylation is 1. The Morgan fingerprint density at radius 3 is 2.75 bits per heavy atom. The van der Waals surface area contributed by atoms with Crippen LogP contribution in [0, 0.1) is 12.7 Å². The van der Waals surface area contributed by atoms with Gasteiger partial charge >= 0.3 is 0 Å². The summed E-state index contributed by atoms with van der Waals surface area (Å²) in [6.07, 6.45) is 3.16. The van der Waals surface area contributed by atoms with Crippen LogP contribution in [0.3, 0.4) is 0 Å². The molecule has 1 aliphatic heterocycles. The maximum absolute atomic E-state index is 14.6. The standard InChI is InChI=1S/C21H14BrFN4O/c1-12-21(28-11-26-12)20-18-9-24-19(14-4-2-3-5-16(14)23)15-8-13(22)6-7-17(15)27(18)10-25-20/h2-8,10-11H,9H2,1H3. The first-order valence-corrected chi connectivity index (χ1v) is 9.49. The van der Waals surface area contributed by atoms with Gasteiger partial charge in [0.25, 0.3) is 0 Å². The van der Waals surface area contributed by atoms with Gasteiger partial charge in [-0.2, -0.15) is 0 Å². The first-order chi connectivity index (χ1) is 13.6. The van der Waals surface area contributed by atoms with Gasteiger partial charge in [0.1, 0.15) is 17.8 Å². The van der Waals surface area contributed by atoms with E-state index in [2.05, 4.69) is 25.9 Å². The van der Waals surface area contributed by atoms with Crippen molar-refractivity contribution in [2.75, 3.05) is 0 Å². The van der Waals surface area contributed by atoms with E-state index in [1.165, 1.54) is 12.5 Å². The maximum atomic E-state index is 14.6. The average molecular weight is 437 g/mol. The Labute approximate surface area is 168 Å². The zero-order chi connectivity index (χ0) is 19.3. The van der Waals surface area contributed by atoms with E-state index < -0.39 is 0 Å². The number of imidazole rings is 1. The highest BCUT2D eigenvalue weighted by atomic mass is 79.9. The summed E-state index contributed by atoms with van der Waals surface area (Å²) in [7, 11) is 0. The smallest absolute Gasteiger partial charge is 0.181 e. The number of rotatable bonds is 2. The molecule has 2 aromatic heterocycles. The Balaban J connectivity index is 1.77. The Morgan fingerprint density at radius 2 is 1.96 bits per heavy atom. The number of hydrogen-bond acceptors (Lipinski definition) is 4. The molecule has 0 spiro atoms. The highest BCUT2D eigenvalue weighted by Gasteiger charge is 2.25. The van der Waals surface area contributed by atoms with Crippen LogP contribution in [-0.2, 0) is 6.54 Å². The Morgan fingerprint density at radius 1 is 1.11 bits per heavy atom. The fourth-order valence-corrected chi connectivity index (χ4v) is 3.84. The van der Waals surface area contributed by atoms with Gasteiger partial charge in [-0.1, -0.05) is 28.1 Å². The molecule has 4 aromatic rings. The van der Waals surface area contributed by atoms with Crippen molar-refractivity contribution < 1.29 is 8.81 Å². The predicted octanol–water partition coefficient (Wildman–Crippen LogP) is 5.09. The number of aromatic nitrogens is 3. The lowest BCUT2D eigenvalue weighted by Gasteiger charge is -2.12. The number of aliphatic imine (C=N–C) groups is 1. The molecule has 0 radical (unpaired) electrons. The Kier molecular flexibility index (Phi) is 3.98. The van der Waals surface area contributed by atoms with Crippen molar-refractivity contribution in [3.63, 3.8) is 0 Å². The summed E-state index contributed by atoms with van der Waals surface area (Å²) in [5.74, 6) is 0.320. The summed E-state index contributed by atoms with van der Waals surface area (Å²) in [6, 6.07) is 12.6. The molecule has 0 bridgehead atoms. The monoisotopic (exact) mass is 436 g/mol. The molecule has 0 N–H and O–H groups in total. The van der Waals surface area contributed by atoms with Gasteiger partial charge in [-0.3, -0.25) is 9.56 Å². The van der Waals surface area contributed by atoms with Crippen molar-refractivity contribution in [1.29, 1.82) is 0 Å². The summed E-state index contributed by atoms with van der Waals surface area (Å²) < 4.78 is 23.0. The molecule has 0 unspecified atom stereocenters. The van der Waals surface area contributed by atoms with E-state index in [0.29, 0.717) is 29.3 Å². The molecule has 0 amide bonds. The molecule has 0 aliphatic carbocycles. The van der Waals surface area contributed by atoms with Gasteiger partial charge in [0.2, 0.25) is 0 Å². The lowest BCUT2D eigenvalue weighted by atomic mass is 10.00. The van der Waals surface area contributed by atoms with Gasteiger partial charge in [0, 0.05) is 15.6 Å². The fraction of sp³-hybridized carbons (Fsp3) is 0.0952. The third-order valence-corrected chi connectivity index (χ3v) is 5.31. The number of fused-ring (bicyclic) bond motifs is 3. The van der Waals surface area contributed by atoms with Crippen LogP contribution in [0.2, 0.25) is 0 Å². The van der Waals surface area contributed by atoms with Crippen molar-refractivity contribution >= 4 is 21.6 Å². The predicted molar refractivity (Wildman–Crippen MR) is 107 cm³/mol. The van der Waals surface area contributed by atoms with Crippen LogP contribution in [-0.4, -0.2) is 20.2 Å². The molecule has 7 heteroatoms. The normalized spacial score (nSPS) is 12.9. The van der Waals surface area contributed by atoms with Gasteiger partial charge in [0.15, 0.2) is 12.2 Å². The highest BCUT2D eigenvalue weighted by Crippen LogP contribution is 2.33. The van der Waals surface area contributed by atoms with Crippen molar-refractivity contribution in [3.8, 4) is 17.1 Å². The topological polar surface area (TPSA) is 56.2 Å². The molecule has 0 saturated heterocycles. The fourth-order valence-electron chi connectivity index (χ4n) is 3.48. The number of halogens is 2. The lowest BCUT2D eigenvalue weighted by Crippen LogP contribution is -2.08.